The number of phenols is 1. The van der Waals surface area contributed by atoms with E-state index in [1.54, 1.807) is 12.1 Å². The van der Waals surface area contributed by atoms with Crippen molar-refractivity contribution in [3.8, 4) is 5.75 Å². The Balaban J connectivity index is 1.68. The van der Waals surface area contributed by atoms with E-state index in [1.165, 1.54) is 11.3 Å². The van der Waals surface area contributed by atoms with E-state index in [2.05, 4.69) is 15.1 Å². The fourth-order valence-electron chi connectivity index (χ4n) is 1.79. The van der Waals surface area contributed by atoms with Crippen molar-refractivity contribution in [3.63, 3.8) is 0 Å². The Labute approximate surface area is 118 Å². The van der Waals surface area contributed by atoms with Gasteiger partial charge in [0.25, 0.3) is 0 Å². The Morgan fingerprint density at radius 1 is 1.15 bits per heavy atom. The summed E-state index contributed by atoms with van der Waals surface area (Å²) in [7, 11) is 0. The Morgan fingerprint density at radius 2 is 1.95 bits per heavy atom. The Morgan fingerprint density at radius 3 is 2.65 bits per heavy atom. The van der Waals surface area contributed by atoms with Crippen molar-refractivity contribution in [1.29, 1.82) is 0 Å². The number of nitrogens with two attached hydrogens (primary N) is 1. The van der Waals surface area contributed by atoms with Crippen molar-refractivity contribution in [1.82, 2.24) is 15.1 Å². The molecule has 6 nitrogen and oxygen atoms in total. The van der Waals surface area contributed by atoms with Crippen LogP contribution in [0.1, 0.15) is 23.0 Å². The van der Waals surface area contributed by atoms with Gasteiger partial charge in [-0.2, -0.15) is 4.98 Å². The highest BCUT2D eigenvalue weighted by Gasteiger charge is 2.10. The van der Waals surface area contributed by atoms with Gasteiger partial charge in [-0.25, -0.2) is 4.98 Å². The lowest BCUT2D eigenvalue weighted by atomic mass is 10.1. The number of anilines is 1. The van der Waals surface area contributed by atoms with Crippen LogP contribution < -0.4 is 5.73 Å². The molecule has 20 heavy (non-hydrogen) atoms. The monoisotopic (exact) mass is 288 g/mol. The molecule has 2 aromatic heterocycles. The molecule has 0 fully saturated rings. The molecule has 7 heteroatoms. The maximum Gasteiger partial charge on any atom is 0.232 e. The lowest BCUT2D eigenvalue weighted by Gasteiger charge is -1.96. The van der Waals surface area contributed by atoms with Crippen LogP contribution in [0.15, 0.2) is 34.2 Å². The van der Waals surface area contributed by atoms with Crippen molar-refractivity contribution in [2.24, 2.45) is 0 Å². The third kappa shape index (κ3) is 2.94. The molecular weight excluding hydrogens is 276 g/mol. The van der Waals surface area contributed by atoms with Crippen LogP contribution in [-0.2, 0) is 12.8 Å². The van der Waals surface area contributed by atoms with Crippen LogP contribution in [0.5, 0.6) is 5.75 Å². The number of benzene rings is 1. The molecule has 0 saturated heterocycles. The van der Waals surface area contributed by atoms with Crippen molar-refractivity contribution in [2.75, 3.05) is 5.73 Å². The fourth-order valence-corrected chi connectivity index (χ4v) is 2.35. The van der Waals surface area contributed by atoms with Crippen LogP contribution in [0.2, 0.25) is 0 Å². The second kappa shape index (κ2) is 5.30. The van der Waals surface area contributed by atoms with Gasteiger partial charge in [0.15, 0.2) is 11.0 Å². The van der Waals surface area contributed by atoms with E-state index in [4.69, 9.17) is 10.3 Å². The standard InChI is InChI=1S/C13H12N4O2S/c14-13-15-9(7-20-13)6-12-16-11(17-19-12)5-8-1-3-10(18)4-2-8/h1-4,7,18H,5-6H2,(H2,14,15). The minimum Gasteiger partial charge on any atom is -0.508 e. The number of hydrogen-bond donors (Lipinski definition) is 2. The molecule has 0 aliphatic carbocycles. The summed E-state index contributed by atoms with van der Waals surface area (Å²) in [5.41, 5.74) is 7.41. The lowest BCUT2D eigenvalue weighted by Crippen LogP contribution is -1.93. The molecule has 3 N–H and O–H groups in total. The first-order chi connectivity index (χ1) is 9.69. The molecule has 0 atom stereocenters. The molecule has 0 spiro atoms. The summed E-state index contributed by atoms with van der Waals surface area (Å²) in [6.07, 6.45) is 1.04. The number of aromatic nitrogens is 3. The van der Waals surface area contributed by atoms with Gasteiger partial charge < -0.3 is 15.4 Å². The second-order valence-corrected chi connectivity index (χ2v) is 5.19. The number of nitrogens with zero attached hydrogens (tertiary/aromatic N) is 3. The van der Waals surface area contributed by atoms with Crippen LogP contribution in [-0.4, -0.2) is 20.2 Å². The Kier molecular flexibility index (Phi) is 3.34. The molecule has 0 bridgehead atoms. The fraction of sp³-hybridized carbons (Fsp3) is 0.154. The highest BCUT2D eigenvalue weighted by molar-refractivity contribution is 7.13. The van der Waals surface area contributed by atoms with Gasteiger partial charge in [0.1, 0.15) is 5.75 Å². The zero-order valence-corrected chi connectivity index (χ0v) is 11.3. The molecule has 102 valence electrons. The molecular formula is C13H12N4O2S. The van der Waals surface area contributed by atoms with E-state index in [0.29, 0.717) is 29.7 Å². The second-order valence-electron chi connectivity index (χ2n) is 4.30. The maximum atomic E-state index is 9.23. The smallest absolute Gasteiger partial charge is 0.232 e. The van der Waals surface area contributed by atoms with Gasteiger partial charge in [-0.3, -0.25) is 0 Å². The first-order valence-corrected chi connectivity index (χ1v) is 6.86. The summed E-state index contributed by atoms with van der Waals surface area (Å²) in [5, 5.41) is 15.6. The average Bonchev–Trinajstić information content (AvgIpc) is 3.02. The summed E-state index contributed by atoms with van der Waals surface area (Å²) >= 11 is 1.39. The highest BCUT2D eigenvalue weighted by atomic mass is 32.1. The predicted octanol–water partition coefficient (Wildman–Crippen LogP) is 2.00. The molecule has 2 heterocycles. The van der Waals surface area contributed by atoms with Crippen LogP contribution >= 0.6 is 11.3 Å². The van der Waals surface area contributed by atoms with E-state index in [9.17, 15) is 5.11 Å². The van der Waals surface area contributed by atoms with E-state index in [0.717, 1.165) is 11.3 Å². The van der Waals surface area contributed by atoms with Gasteiger partial charge in [-0.1, -0.05) is 17.3 Å². The summed E-state index contributed by atoms with van der Waals surface area (Å²) < 4.78 is 5.19. The Bertz CT molecular complexity index is 705. The van der Waals surface area contributed by atoms with Gasteiger partial charge in [-0.05, 0) is 17.7 Å². The topological polar surface area (TPSA) is 98.1 Å². The first kappa shape index (κ1) is 12.6. The van der Waals surface area contributed by atoms with E-state index >= 15 is 0 Å². The maximum absolute atomic E-state index is 9.23. The van der Waals surface area contributed by atoms with E-state index in [1.807, 2.05) is 17.5 Å². The normalized spacial score (nSPS) is 10.8. The number of thiazole rings is 1. The molecule has 0 aliphatic rings. The summed E-state index contributed by atoms with van der Waals surface area (Å²) in [6.45, 7) is 0. The van der Waals surface area contributed by atoms with Crippen LogP contribution in [0.3, 0.4) is 0 Å². The minimum absolute atomic E-state index is 0.240. The van der Waals surface area contributed by atoms with Gasteiger partial charge >= 0.3 is 0 Å². The zero-order chi connectivity index (χ0) is 13.9. The summed E-state index contributed by atoms with van der Waals surface area (Å²) in [5.74, 6) is 1.36. The molecule has 3 aromatic rings. The molecule has 0 unspecified atom stereocenters. The lowest BCUT2D eigenvalue weighted by molar-refractivity contribution is 0.379. The van der Waals surface area contributed by atoms with Gasteiger partial charge in [0, 0.05) is 11.8 Å². The van der Waals surface area contributed by atoms with Crippen molar-refractivity contribution in [2.45, 2.75) is 12.8 Å². The summed E-state index contributed by atoms with van der Waals surface area (Å²) in [6, 6.07) is 6.92. The number of aromatic hydroxyl groups is 1. The third-order valence-electron chi connectivity index (χ3n) is 2.71. The Hall–Kier alpha value is -2.41. The van der Waals surface area contributed by atoms with E-state index in [-0.39, 0.29) is 5.75 Å². The summed E-state index contributed by atoms with van der Waals surface area (Å²) in [4.78, 5) is 8.47. The number of nitrogen functional groups attached to an aromatic ring is 1. The predicted molar refractivity (Wildman–Crippen MR) is 74.5 cm³/mol. The van der Waals surface area contributed by atoms with Crippen LogP contribution in [0, 0.1) is 0 Å². The number of hydrogen-bond acceptors (Lipinski definition) is 7. The van der Waals surface area contributed by atoms with Crippen LogP contribution in [0.25, 0.3) is 0 Å². The molecule has 0 radical (unpaired) electrons. The zero-order valence-electron chi connectivity index (χ0n) is 10.5. The van der Waals surface area contributed by atoms with Crippen molar-refractivity contribution in [3.05, 3.63) is 52.6 Å². The largest absolute Gasteiger partial charge is 0.508 e. The van der Waals surface area contributed by atoms with Gasteiger partial charge in [0.2, 0.25) is 5.89 Å². The molecule has 0 aliphatic heterocycles. The quantitative estimate of drug-likeness (QED) is 0.762. The van der Waals surface area contributed by atoms with Crippen molar-refractivity contribution < 1.29 is 9.63 Å². The van der Waals surface area contributed by atoms with Crippen LogP contribution in [0.4, 0.5) is 5.13 Å². The average molecular weight is 288 g/mol. The molecule has 0 amide bonds. The van der Waals surface area contributed by atoms with Crippen molar-refractivity contribution >= 4 is 16.5 Å². The van der Waals surface area contributed by atoms with Gasteiger partial charge in [-0.15, -0.1) is 11.3 Å². The number of phenolic OH excluding ortho intramolecular Hbond substituents is 1. The first-order valence-electron chi connectivity index (χ1n) is 5.98. The number of rotatable bonds is 4. The van der Waals surface area contributed by atoms with Gasteiger partial charge in [0.05, 0.1) is 12.1 Å². The SMILES string of the molecule is Nc1nc(Cc2nc(Cc3ccc(O)cc3)no2)cs1. The molecule has 0 saturated carbocycles. The minimum atomic E-state index is 0.240. The third-order valence-corrected chi connectivity index (χ3v) is 3.43. The highest BCUT2D eigenvalue weighted by Crippen LogP contribution is 2.16. The van der Waals surface area contributed by atoms with E-state index < -0.39 is 0 Å². The molecule has 3 rings (SSSR count). The molecule has 1 aromatic carbocycles.